The molecule has 0 N–H and O–H groups in total. The highest BCUT2D eigenvalue weighted by Crippen LogP contribution is 2.42. The molecular weight excluding hydrogens is 376 g/mol. The summed E-state index contributed by atoms with van der Waals surface area (Å²) in [6.45, 7) is 3.88. The van der Waals surface area contributed by atoms with Crippen molar-refractivity contribution in [3.05, 3.63) is 29.5 Å². The molecule has 142 valence electrons. The molecule has 2 aromatic rings. The van der Waals surface area contributed by atoms with Gasteiger partial charge in [-0.25, -0.2) is 13.4 Å². The van der Waals surface area contributed by atoms with Crippen molar-refractivity contribution in [1.29, 1.82) is 0 Å². The Kier molecular flexibility index (Phi) is 5.48. The van der Waals surface area contributed by atoms with Crippen LogP contribution in [0.5, 0.6) is 11.5 Å². The molecule has 1 aliphatic rings. The molecule has 1 aromatic carbocycles. The summed E-state index contributed by atoms with van der Waals surface area (Å²) >= 11 is 6.28. The highest BCUT2D eigenvalue weighted by molar-refractivity contribution is 7.91. The molecule has 0 radical (unpaired) electrons. The molecule has 0 atom stereocenters. The number of sulfone groups is 1. The lowest BCUT2D eigenvalue weighted by Crippen LogP contribution is -2.25. The van der Waals surface area contributed by atoms with Crippen LogP contribution in [0.3, 0.4) is 0 Å². The summed E-state index contributed by atoms with van der Waals surface area (Å²) in [6, 6.07) is 3.59. The fourth-order valence-electron chi connectivity index (χ4n) is 3.22. The van der Waals surface area contributed by atoms with Crippen molar-refractivity contribution in [2.45, 2.75) is 38.8 Å². The molecule has 1 aromatic heterocycles. The van der Waals surface area contributed by atoms with Crippen LogP contribution < -0.4 is 9.47 Å². The second-order valence-electron chi connectivity index (χ2n) is 6.69. The first-order valence-corrected chi connectivity index (χ1v) is 10.8. The van der Waals surface area contributed by atoms with Crippen molar-refractivity contribution in [1.82, 2.24) is 9.55 Å². The molecule has 3 rings (SSSR count). The molecule has 1 aliphatic heterocycles. The van der Waals surface area contributed by atoms with Crippen molar-refractivity contribution in [3.8, 4) is 22.9 Å². The quantitative estimate of drug-likeness (QED) is 0.767. The number of halogens is 1. The lowest BCUT2D eigenvalue weighted by Gasteiger charge is -2.26. The van der Waals surface area contributed by atoms with Crippen LogP contribution >= 0.6 is 11.6 Å². The maximum atomic E-state index is 11.7. The van der Waals surface area contributed by atoms with Crippen molar-refractivity contribution in [2.75, 3.05) is 18.6 Å². The van der Waals surface area contributed by atoms with Gasteiger partial charge in [-0.15, -0.1) is 0 Å². The zero-order valence-electron chi connectivity index (χ0n) is 15.1. The molecule has 0 unspecified atom stereocenters. The molecule has 1 saturated heterocycles. The summed E-state index contributed by atoms with van der Waals surface area (Å²) in [5, 5.41) is 0.522. The largest absolute Gasteiger partial charge is 0.493 e. The van der Waals surface area contributed by atoms with Gasteiger partial charge < -0.3 is 14.0 Å². The molecule has 26 heavy (non-hydrogen) atoms. The zero-order valence-corrected chi connectivity index (χ0v) is 16.7. The van der Waals surface area contributed by atoms with E-state index in [0.29, 0.717) is 35.2 Å². The summed E-state index contributed by atoms with van der Waals surface area (Å²) in [7, 11) is -1.35. The highest BCUT2D eigenvalue weighted by atomic mass is 35.5. The van der Waals surface area contributed by atoms with Gasteiger partial charge in [-0.2, -0.15) is 0 Å². The highest BCUT2D eigenvalue weighted by Gasteiger charge is 2.27. The van der Waals surface area contributed by atoms with Crippen LogP contribution in [0.2, 0.25) is 5.02 Å². The lowest BCUT2D eigenvalue weighted by molar-refractivity contribution is 0.231. The van der Waals surface area contributed by atoms with Crippen LogP contribution in [-0.2, 0) is 9.84 Å². The van der Waals surface area contributed by atoms with Gasteiger partial charge >= 0.3 is 0 Å². The molecule has 0 bridgehead atoms. The molecule has 6 nitrogen and oxygen atoms in total. The van der Waals surface area contributed by atoms with Crippen molar-refractivity contribution < 1.29 is 17.9 Å². The number of ether oxygens (including phenoxy) is 2. The minimum Gasteiger partial charge on any atom is -0.493 e. The van der Waals surface area contributed by atoms with E-state index in [1.165, 1.54) is 0 Å². The molecule has 0 saturated carbocycles. The van der Waals surface area contributed by atoms with Crippen LogP contribution in [-0.4, -0.2) is 42.7 Å². The van der Waals surface area contributed by atoms with E-state index in [2.05, 4.69) is 4.98 Å². The number of hydrogen-bond acceptors (Lipinski definition) is 5. The van der Waals surface area contributed by atoms with Gasteiger partial charge in [-0.1, -0.05) is 11.6 Å². The van der Waals surface area contributed by atoms with Gasteiger partial charge in [0.05, 0.1) is 30.3 Å². The van der Waals surface area contributed by atoms with Crippen LogP contribution in [0.25, 0.3) is 11.4 Å². The normalized spacial score (nSPS) is 17.4. The van der Waals surface area contributed by atoms with Gasteiger partial charge in [0.1, 0.15) is 15.7 Å². The van der Waals surface area contributed by atoms with Gasteiger partial charge in [0.15, 0.2) is 11.5 Å². The van der Waals surface area contributed by atoms with E-state index in [9.17, 15) is 8.42 Å². The van der Waals surface area contributed by atoms with E-state index in [0.717, 1.165) is 5.56 Å². The van der Waals surface area contributed by atoms with E-state index >= 15 is 0 Å². The van der Waals surface area contributed by atoms with Crippen LogP contribution in [0.1, 0.15) is 32.7 Å². The Labute approximate surface area is 159 Å². The Morgan fingerprint density at radius 2 is 1.96 bits per heavy atom. The Hall–Kier alpha value is -1.73. The number of benzene rings is 1. The summed E-state index contributed by atoms with van der Waals surface area (Å²) in [5.41, 5.74) is 0.737. The Morgan fingerprint density at radius 3 is 2.58 bits per heavy atom. The minimum absolute atomic E-state index is 0.0490. The van der Waals surface area contributed by atoms with Crippen molar-refractivity contribution in [2.24, 2.45) is 0 Å². The van der Waals surface area contributed by atoms with E-state index in [1.54, 1.807) is 25.4 Å². The van der Waals surface area contributed by atoms with E-state index < -0.39 is 9.84 Å². The number of aromatic nitrogens is 2. The van der Waals surface area contributed by atoms with Crippen molar-refractivity contribution >= 4 is 21.4 Å². The number of rotatable bonds is 5. The molecular formula is C18H23ClN2O4S. The summed E-state index contributed by atoms with van der Waals surface area (Å²) < 4.78 is 37.0. The molecule has 2 heterocycles. The third kappa shape index (κ3) is 3.99. The van der Waals surface area contributed by atoms with Crippen LogP contribution in [0.15, 0.2) is 24.5 Å². The maximum Gasteiger partial charge on any atom is 0.172 e. The fraction of sp³-hybridized carbons (Fsp3) is 0.500. The van der Waals surface area contributed by atoms with E-state index in [-0.39, 0.29) is 23.7 Å². The number of nitrogens with zero attached hydrogens (tertiary/aromatic N) is 2. The van der Waals surface area contributed by atoms with Crippen LogP contribution in [0.4, 0.5) is 0 Å². The van der Waals surface area contributed by atoms with Crippen molar-refractivity contribution in [3.63, 3.8) is 0 Å². The number of methoxy groups -OCH3 is 1. The predicted octanol–water partition coefficient (Wildman–Crippen LogP) is 3.75. The Balaban J connectivity index is 2.05. The molecule has 8 heteroatoms. The smallest absolute Gasteiger partial charge is 0.172 e. The average molecular weight is 399 g/mol. The maximum absolute atomic E-state index is 11.7. The summed E-state index contributed by atoms with van der Waals surface area (Å²) in [4.78, 5) is 4.50. The average Bonchev–Trinajstić information content (AvgIpc) is 3.05. The molecule has 0 spiro atoms. The summed E-state index contributed by atoms with van der Waals surface area (Å²) in [6.07, 6.45) is 4.69. The SMILES string of the molecule is COc1cc(Cl)cc(-c2nccn2C2CCS(=O)(=O)CC2)c1OC(C)C. The zero-order chi connectivity index (χ0) is 18.9. The predicted molar refractivity (Wildman–Crippen MR) is 102 cm³/mol. The third-order valence-electron chi connectivity index (χ3n) is 4.42. The minimum atomic E-state index is -2.93. The Bertz CT molecular complexity index is 879. The Morgan fingerprint density at radius 1 is 1.27 bits per heavy atom. The van der Waals surface area contributed by atoms with Gasteiger partial charge in [-0.05, 0) is 32.8 Å². The van der Waals surface area contributed by atoms with Gasteiger partial charge in [0.25, 0.3) is 0 Å². The molecule has 0 amide bonds. The summed E-state index contributed by atoms with van der Waals surface area (Å²) in [5.74, 6) is 2.23. The van der Waals surface area contributed by atoms with E-state index in [1.807, 2.05) is 24.6 Å². The van der Waals surface area contributed by atoms with Crippen LogP contribution in [0, 0.1) is 0 Å². The lowest BCUT2D eigenvalue weighted by atomic mass is 10.1. The number of hydrogen-bond donors (Lipinski definition) is 0. The van der Waals surface area contributed by atoms with Gasteiger partial charge in [0, 0.05) is 29.5 Å². The standard InChI is InChI=1S/C18H23ClN2O4S/c1-12(2)25-17-15(10-13(19)11-16(17)24-3)18-20-6-7-21(18)14-4-8-26(22,23)9-5-14/h6-7,10-12,14H,4-5,8-9H2,1-3H3. The third-order valence-corrected chi connectivity index (χ3v) is 6.35. The first kappa shape index (κ1) is 19.0. The molecule has 0 aliphatic carbocycles. The van der Waals surface area contributed by atoms with Gasteiger partial charge in [0.2, 0.25) is 0 Å². The topological polar surface area (TPSA) is 70.4 Å². The first-order valence-electron chi connectivity index (χ1n) is 8.58. The second-order valence-corrected chi connectivity index (χ2v) is 9.43. The van der Waals surface area contributed by atoms with E-state index in [4.69, 9.17) is 21.1 Å². The monoisotopic (exact) mass is 398 g/mol. The van der Waals surface area contributed by atoms with Gasteiger partial charge in [-0.3, -0.25) is 0 Å². The fourth-order valence-corrected chi connectivity index (χ4v) is 4.89. The second kappa shape index (κ2) is 7.48. The number of imidazole rings is 1. The first-order chi connectivity index (χ1) is 12.3. The molecule has 1 fully saturated rings.